The number of anilines is 1. The van der Waals surface area contributed by atoms with Crippen molar-refractivity contribution in [2.75, 3.05) is 18.0 Å². The summed E-state index contributed by atoms with van der Waals surface area (Å²) in [5.41, 5.74) is 9.68. The number of carboxylic acid groups (broad SMARTS) is 3. The summed E-state index contributed by atoms with van der Waals surface area (Å²) in [6.07, 6.45) is 11.1. The van der Waals surface area contributed by atoms with Gasteiger partial charge in [-0.15, -0.1) is 6.42 Å². The molecule has 14 nitrogen and oxygen atoms in total. The maximum atomic E-state index is 12.1. The zero-order valence-electron chi connectivity index (χ0n) is 30.0. The lowest BCUT2D eigenvalue weighted by Crippen LogP contribution is -2.41. The summed E-state index contributed by atoms with van der Waals surface area (Å²) < 4.78 is 0. The molecule has 0 saturated carbocycles. The van der Waals surface area contributed by atoms with Crippen LogP contribution < -0.4 is 21.5 Å². The molecule has 14 heteroatoms. The van der Waals surface area contributed by atoms with E-state index >= 15 is 0 Å². The number of aliphatic carboxylic acids is 3. The van der Waals surface area contributed by atoms with Crippen LogP contribution in [-0.2, 0) is 25.6 Å². The fourth-order valence-electron chi connectivity index (χ4n) is 4.75. The van der Waals surface area contributed by atoms with E-state index in [4.69, 9.17) is 32.3 Å². The standard InChI is InChI=1S/C21H17N3O2.C9H16N2O5.C3H8.C2H4O2.C2H6/c1-2-9-24(16-6-3-14(12-25)4-7-16)20-8-5-15-10-19-18(11-17(15)20)21(26)23-13-22-19;10-5-1-2-7(12)11-6(9(15)16)3-4-8(13)14;1-3-2;1-2(3)4;1-2/h1,3-4,6-7,10-13,20H,5,8-9H2,(H,22,23,26);6H,1-5,10H2,(H,11,12)(H,13,14)(H,15,16);3H2,1-2H3;1H3,(H,3,4);1-2H3/t20-;6-;;;/m01.../s1. The number of carbonyl (C=O) groups excluding carboxylic acids is 2. The molecule has 0 radical (unpaired) electrons. The van der Waals surface area contributed by atoms with Crippen LogP contribution in [0, 0.1) is 12.3 Å². The Labute approximate surface area is 298 Å². The van der Waals surface area contributed by atoms with E-state index in [9.17, 15) is 24.0 Å². The van der Waals surface area contributed by atoms with Crippen LogP contribution >= 0.6 is 0 Å². The highest BCUT2D eigenvalue weighted by molar-refractivity contribution is 5.84. The second kappa shape index (κ2) is 25.4. The summed E-state index contributed by atoms with van der Waals surface area (Å²) in [5.74, 6) is -0.863. The number of aromatic nitrogens is 2. The van der Waals surface area contributed by atoms with Crippen molar-refractivity contribution < 1.29 is 39.3 Å². The number of carbonyl (C=O) groups is 5. The van der Waals surface area contributed by atoms with Crippen molar-refractivity contribution in [3.63, 3.8) is 0 Å². The third-order valence-electron chi connectivity index (χ3n) is 6.83. The van der Waals surface area contributed by atoms with Gasteiger partial charge in [-0.25, -0.2) is 9.78 Å². The average Bonchev–Trinajstić information content (AvgIpc) is 3.51. The Morgan fingerprint density at radius 1 is 1.12 bits per heavy atom. The molecule has 1 aliphatic carbocycles. The summed E-state index contributed by atoms with van der Waals surface area (Å²) in [5, 5.41) is 27.4. The van der Waals surface area contributed by atoms with Crippen molar-refractivity contribution in [2.45, 2.75) is 91.6 Å². The van der Waals surface area contributed by atoms with Gasteiger partial charge in [0.05, 0.1) is 29.8 Å². The zero-order valence-corrected chi connectivity index (χ0v) is 30.0. The maximum Gasteiger partial charge on any atom is 0.326 e. The minimum atomic E-state index is -1.23. The minimum absolute atomic E-state index is 0.0899. The van der Waals surface area contributed by atoms with E-state index in [0.29, 0.717) is 36.0 Å². The van der Waals surface area contributed by atoms with Crippen LogP contribution in [-0.4, -0.2) is 74.5 Å². The van der Waals surface area contributed by atoms with Crippen LogP contribution in [0.15, 0.2) is 47.5 Å². The Morgan fingerprint density at radius 2 is 1.73 bits per heavy atom. The second-order valence-corrected chi connectivity index (χ2v) is 10.9. The molecule has 51 heavy (non-hydrogen) atoms. The molecule has 1 amide bonds. The predicted octanol–water partition coefficient (Wildman–Crippen LogP) is 4.56. The van der Waals surface area contributed by atoms with Gasteiger partial charge in [0.25, 0.3) is 11.5 Å². The Kier molecular flexibility index (Phi) is 22.7. The number of hydrogen-bond acceptors (Lipinski definition) is 9. The first-order valence-electron chi connectivity index (χ1n) is 16.7. The Bertz CT molecular complexity index is 1640. The molecular formula is C37H51N5O9. The molecule has 278 valence electrons. The maximum absolute atomic E-state index is 12.1. The number of rotatable bonds is 12. The molecule has 2 aromatic carbocycles. The van der Waals surface area contributed by atoms with Gasteiger partial charge in [0.1, 0.15) is 12.3 Å². The summed E-state index contributed by atoms with van der Waals surface area (Å²) in [6.45, 7) is 10.1. The third kappa shape index (κ3) is 16.6. The number of terminal acetylenes is 1. The lowest BCUT2D eigenvalue weighted by Gasteiger charge is -2.30. The largest absolute Gasteiger partial charge is 0.481 e. The highest BCUT2D eigenvalue weighted by Gasteiger charge is 2.29. The fraction of sp³-hybridized carbons (Fsp3) is 0.432. The van der Waals surface area contributed by atoms with E-state index < -0.39 is 29.9 Å². The van der Waals surface area contributed by atoms with Gasteiger partial charge in [0, 0.05) is 31.0 Å². The van der Waals surface area contributed by atoms with Gasteiger partial charge in [0.15, 0.2) is 0 Å². The smallest absolute Gasteiger partial charge is 0.326 e. The number of nitrogens with zero attached hydrogens (tertiary/aromatic N) is 2. The van der Waals surface area contributed by atoms with Crippen molar-refractivity contribution >= 4 is 46.7 Å². The second-order valence-electron chi connectivity index (χ2n) is 10.9. The number of nitrogens with two attached hydrogens (primary N) is 1. The third-order valence-corrected chi connectivity index (χ3v) is 6.83. The molecule has 0 spiro atoms. The molecule has 0 saturated heterocycles. The topological polar surface area (TPSA) is 233 Å². The first kappa shape index (κ1) is 45.5. The molecular weight excluding hydrogens is 658 g/mol. The number of hydrogen-bond donors (Lipinski definition) is 6. The van der Waals surface area contributed by atoms with Gasteiger partial charge in [-0.3, -0.25) is 24.0 Å². The summed E-state index contributed by atoms with van der Waals surface area (Å²) in [4.78, 5) is 73.2. The van der Waals surface area contributed by atoms with Crippen LogP contribution in [0.2, 0.25) is 0 Å². The number of H-pyrrole nitrogens is 1. The van der Waals surface area contributed by atoms with Crippen LogP contribution in [0.25, 0.3) is 10.9 Å². The summed E-state index contributed by atoms with van der Waals surface area (Å²) in [7, 11) is 0. The number of aromatic amines is 1. The lowest BCUT2D eigenvalue weighted by molar-refractivity contribution is -0.143. The Balaban J connectivity index is 0.000000857. The van der Waals surface area contributed by atoms with E-state index in [1.807, 2.05) is 38.1 Å². The van der Waals surface area contributed by atoms with Crippen molar-refractivity contribution in [3.8, 4) is 12.3 Å². The highest BCUT2D eigenvalue weighted by atomic mass is 16.4. The number of fused-ring (bicyclic) bond motifs is 2. The first-order chi connectivity index (χ1) is 24.3. The van der Waals surface area contributed by atoms with Gasteiger partial charge < -0.3 is 36.3 Å². The first-order valence-corrected chi connectivity index (χ1v) is 16.7. The number of aldehydes is 1. The van der Waals surface area contributed by atoms with E-state index in [1.54, 1.807) is 12.1 Å². The summed E-state index contributed by atoms with van der Waals surface area (Å²) >= 11 is 0. The molecule has 0 bridgehead atoms. The highest BCUT2D eigenvalue weighted by Crippen LogP contribution is 2.39. The van der Waals surface area contributed by atoms with Crippen LogP contribution in [0.1, 0.15) is 101 Å². The number of aryl methyl sites for hydroxylation is 1. The van der Waals surface area contributed by atoms with Gasteiger partial charge in [-0.2, -0.15) is 0 Å². The summed E-state index contributed by atoms with van der Waals surface area (Å²) in [6, 6.07) is 10.3. The number of nitrogens with one attached hydrogen (secondary N) is 2. The molecule has 1 aliphatic rings. The van der Waals surface area contributed by atoms with Gasteiger partial charge >= 0.3 is 11.9 Å². The van der Waals surface area contributed by atoms with Crippen LogP contribution in [0.4, 0.5) is 5.69 Å². The number of carboxylic acids is 3. The molecule has 2 atom stereocenters. The molecule has 1 aromatic heterocycles. The van der Waals surface area contributed by atoms with Gasteiger partial charge in [-0.1, -0.05) is 40.0 Å². The monoisotopic (exact) mass is 709 g/mol. The van der Waals surface area contributed by atoms with E-state index in [1.165, 1.54) is 18.3 Å². The quantitative estimate of drug-likeness (QED) is 0.112. The molecule has 7 N–H and O–H groups in total. The number of amides is 1. The average molecular weight is 710 g/mol. The predicted molar refractivity (Wildman–Crippen MR) is 197 cm³/mol. The van der Waals surface area contributed by atoms with Crippen molar-refractivity contribution in [3.05, 3.63) is 69.8 Å². The normalized spacial score (nSPS) is 12.5. The van der Waals surface area contributed by atoms with E-state index in [2.05, 4.69) is 40.0 Å². The van der Waals surface area contributed by atoms with Gasteiger partial charge in [-0.05, 0) is 79.8 Å². The molecule has 4 rings (SSSR count). The van der Waals surface area contributed by atoms with Crippen molar-refractivity contribution in [2.24, 2.45) is 5.73 Å². The number of benzene rings is 2. The SMILES string of the molecule is C#CCN(c1ccc(C=O)cc1)[C@H]1CCc2cc3nc[nH]c(=O)c3cc21.CC.CC(=O)O.CCC.NCCCC(=O)N[C@H](CCC(=O)O)C(=O)O. The molecule has 3 aromatic rings. The minimum Gasteiger partial charge on any atom is -0.481 e. The molecule has 0 fully saturated rings. The van der Waals surface area contributed by atoms with Crippen molar-refractivity contribution in [1.29, 1.82) is 0 Å². The Morgan fingerprint density at radius 3 is 2.24 bits per heavy atom. The van der Waals surface area contributed by atoms with E-state index in [-0.39, 0.29) is 30.9 Å². The van der Waals surface area contributed by atoms with Crippen molar-refractivity contribution in [1.82, 2.24) is 15.3 Å². The van der Waals surface area contributed by atoms with E-state index in [0.717, 1.165) is 37.3 Å². The Hall–Kier alpha value is -5.55. The van der Waals surface area contributed by atoms with Crippen LogP contribution in [0.3, 0.4) is 0 Å². The molecule has 1 heterocycles. The lowest BCUT2D eigenvalue weighted by atomic mass is 10.0. The van der Waals surface area contributed by atoms with Gasteiger partial charge in [0.2, 0.25) is 5.91 Å². The molecule has 0 unspecified atom stereocenters. The van der Waals surface area contributed by atoms with Crippen LogP contribution in [0.5, 0.6) is 0 Å². The fourth-order valence-corrected chi connectivity index (χ4v) is 4.75. The molecule has 0 aliphatic heterocycles. The zero-order chi connectivity index (χ0) is 38.9.